The number of halogens is 1. The summed E-state index contributed by atoms with van der Waals surface area (Å²) in [6.45, 7) is 0. The molecule has 3 nitrogen and oxygen atoms in total. The van der Waals surface area contributed by atoms with Gasteiger partial charge in [-0.3, -0.25) is 4.79 Å². The van der Waals surface area contributed by atoms with E-state index in [1.165, 1.54) is 0 Å². The molecule has 0 aliphatic carbocycles. The van der Waals surface area contributed by atoms with Crippen LogP contribution >= 0.6 is 15.9 Å². The number of nitrogens with zero attached hydrogens (tertiary/aromatic N) is 1. The first kappa shape index (κ1) is 9.44. The fourth-order valence-electron chi connectivity index (χ4n) is 0.497. The van der Waals surface area contributed by atoms with Gasteiger partial charge in [0, 0.05) is 6.42 Å². The highest BCUT2D eigenvalue weighted by molar-refractivity contribution is 9.09. The van der Waals surface area contributed by atoms with Crippen molar-refractivity contribution >= 4 is 21.9 Å². The van der Waals surface area contributed by atoms with Crippen LogP contribution in [0, 0.1) is 11.3 Å². The molecule has 1 N–H and O–H groups in total. The molecule has 56 valence electrons. The minimum atomic E-state index is -0.808. The highest BCUT2D eigenvalue weighted by atomic mass is 79.9. The molecule has 0 aliphatic heterocycles. The second kappa shape index (κ2) is 5.24. The normalized spacial score (nSPS) is 12.0. The summed E-state index contributed by atoms with van der Waals surface area (Å²) >= 11 is 3.07. The quantitative estimate of drug-likeness (QED) is 0.709. The van der Waals surface area contributed by atoms with Gasteiger partial charge in [0.05, 0.1) is 6.07 Å². The van der Waals surface area contributed by atoms with Gasteiger partial charge in [0.2, 0.25) is 0 Å². The van der Waals surface area contributed by atoms with E-state index in [4.69, 9.17) is 10.4 Å². The minimum Gasteiger partial charge on any atom is -0.481 e. The van der Waals surface area contributed by atoms with Crippen molar-refractivity contribution in [3.63, 3.8) is 0 Å². The van der Waals surface area contributed by atoms with E-state index in [0.717, 1.165) is 0 Å². The Labute approximate surface area is 67.8 Å². The van der Waals surface area contributed by atoms with Gasteiger partial charge in [-0.15, -0.1) is 0 Å². The maximum atomic E-state index is 9.97. The second-order valence-corrected chi connectivity index (χ2v) is 2.99. The fraction of sp³-hybridized carbons (Fsp3) is 0.667. The zero-order valence-corrected chi connectivity index (χ0v) is 6.97. The van der Waals surface area contributed by atoms with Crippen LogP contribution in [0.25, 0.3) is 0 Å². The Kier molecular flexibility index (Phi) is 4.95. The summed E-state index contributed by atoms with van der Waals surface area (Å²) in [4.78, 5) is 9.77. The van der Waals surface area contributed by atoms with Crippen LogP contribution in [0.5, 0.6) is 0 Å². The summed E-state index contributed by atoms with van der Waals surface area (Å²) in [5.74, 6) is -0.808. The van der Waals surface area contributed by atoms with Crippen molar-refractivity contribution in [1.82, 2.24) is 0 Å². The van der Waals surface area contributed by atoms with Gasteiger partial charge in [-0.25, -0.2) is 0 Å². The van der Waals surface area contributed by atoms with E-state index >= 15 is 0 Å². The van der Waals surface area contributed by atoms with Crippen LogP contribution in [0.3, 0.4) is 0 Å². The third-order valence-electron chi connectivity index (χ3n) is 0.988. The van der Waals surface area contributed by atoms with Crippen LogP contribution in [0.2, 0.25) is 0 Å². The van der Waals surface area contributed by atoms with Crippen molar-refractivity contribution in [2.45, 2.75) is 24.1 Å². The Morgan fingerprint density at radius 2 is 2.40 bits per heavy atom. The molecule has 0 heterocycles. The van der Waals surface area contributed by atoms with Gasteiger partial charge in [-0.2, -0.15) is 5.26 Å². The maximum absolute atomic E-state index is 9.97. The summed E-state index contributed by atoms with van der Waals surface area (Å²) in [5.41, 5.74) is 0. The van der Waals surface area contributed by atoms with Gasteiger partial charge in [0.1, 0.15) is 4.83 Å². The first-order valence-corrected chi connectivity index (χ1v) is 3.84. The highest BCUT2D eigenvalue weighted by Crippen LogP contribution is 2.07. The zero-order valence-electron chi connectivity index (χ0n) is 5.38. The number of nitriles is 1. The fourth-order valence-corrected chi connectivity index (χ4v) is 0.821. The smallest absolute Gasteiger partial charge is 0.303 e. The summed E-state index contributed by atoms with van der Waals surface area (Å²) in [6, 6.07) is 1.96. The Morgan fingerprint density at radius 1 is 1.80 bits per heavy atom. The molecule has 0 aromatic carbocycles. The molecule has 0 fully saturated rings. The summed E-state index contributed by atoms with van der Waals surface area (Å²) < 4.78 is 0. The molecular formula is C6H8BrNO2. The van der Waals surface area contributed by atoms with Crippen LogP contribution in [0.4, 0.5) is 0 Å². The van der Waals surface area contributed by atoms with Gasteiger partial charge < -0.3 is 5.11 Å². The number of alkyl halides is 1. The molecule has 1 unspecified atom stereocenters. The van der Waals surface area contributed by atoms with Crippen LogP contribution < -0.4 is 0 Å². The van der Waals surface area contributed by atoms with Gasteiger partial charge in [-0.1, -0.05) is 15.9 Å². The van der Waals surface area contributed by atoms with Crippen LogP contribution in [0.1, 0.15) is 19.3 Å². The van der Waals surface area contributed by atoms with Gasteiger partial charge >= 0.3 is 5.97 Å². The van der Waals surface area contributed by atoms with E-state index in [0.29, 0.717) is 12.8 Å². The molecular weight excluding hydrogens is 198 g/mol. The van der Waals surface area contributed by atoms with E-state index in [1.54, 1.807) is 0 Å². The molecule has 0 aromatic heterocycles. The van der Waals surface area contributed by atoms with Gasteiger partial charge in [-0.05, 0) is 12.8 Å². The number of carbonyl (C=O) groups is 1. The van der Waals surface area contributed by atoms with E-state index in [9.17, 15) is 4.79 Å². The van der Waals surface area contributed by atoms with Crippen LogP contribution in [-0.2, 0) is 4.79 Å². The highest BCUT2D eigenvalue weighted by Gasteiger charge is 2.02. The van der Waals surface area contributed by atoms with Crippen LogP contribution in [-0.4, -0.2) is 15.9 Å². The van der Waals surface area contributed by atoms with E-state index in [2.05, 4.69) is 15.9 Å². The number of rotatable bonds is 4. The Bertz CT molecular complexity index is 152. The first-order chi connectivity index (χ1) is 4.66. The molecule has 0 spiro atoms. The molecule has 0 saturated heterocycles. The number of hydrogen-bond donors (Lipinski definition) is 1. The number of aliphatic carboxylic acids is 1. The monoisotopic (exact) mass is 205 g/mol. The van der Waals surface area contributed by atoms with E-state index in [1.807, 2.05) is 6.07 Å². The number of carboxylic acids is 1. The van der Waals surface area contributed by atoms with Crippen molar-refractivity contribution < 1.29 is 9.90 Å². The second-order valence-electron chi connectivity index (χ2n) is 1.88. The molecule has 0 aromatic rings. The lowest BCUT2D eigenvalue weighted by Gasteiger charge is -1.95. The third kappa shape index (κ3) is 5.57. The molecule has 4 heteroatoms. The molecule has 0 bridgehead atoms. The Hall–Kier alpha value is -0.560. The van der Waals surface area contributed by atoms with Crippen molar-refractivity contribution in [3.05, 3.63) is 0 Å². The molecule has 0 rings (SSSR count). The van der Waals surface area contributed by atoms with Crippen molar-refractivity contribution in [1.29, 1.82) is 5.26 Å². The predicted molar refractivity (Wildman–Crippen MR) is 39.8 cm³/mol. The van der Waals surface area contributed by atoms with Crippen molar-refractivity contribution in [2.24, 2.45) is 0 Å². The lowest BCUT2D eigenvalue weighted by Crippen LogP contribution is -1.98. The van der Waals surface area contributed by atoms with Crippen molar-refractivity contribution in [2.75, 3.05) is 0 Å². The third-order valence-corrected chi connectivity index (χ3v) is 1.65. The molecule has 1 atom stereocenters. The summed E-state index contributed by atoms with van der Waals surface area (Å²) in [7, 11) is 0. The molecule has 0 aliphatic rings. The topological polar surface area (TPSA) is 61.1 Å². The predicted octanol–water partition coefficient (Wildman–Crippen LogP) is 1.53. The molecule has 0 radical (unpaired) electrons. The molecule has 0 amide bonds. The Morgan fingerprint density at radius 3 is 2.80 bits per heavy atom. The lowest BCUT2D eigenvalue weighted by molar-refractivity contribution is -0.137. The summed E-state index contributed by atoms with van der Waals surface area (Å²) in [6.07, 6.45) is 1.30. The minimum absolute atomic E-state index is 0.143. The largest absolute Gasteiger partial charge is 0.481 e. The zero-order chi connectivity index (χ0) is 7.98. The first-order valence-electron chi connectivity index (χ1n) is 2.92. The number of hydrogen-bond acceptors (Lipinski definition) is 2. The van der Waals surface area contributed by atoms with Crippen LogP contribution in [0.15, 0.2) is 0 Å². The lowest BCUT2D eigenvalue weighted by atomic mass is 10.2. The summed E-state index contributed by atoms with van der Waals surface area (Å²) in [5, 5.41) is 16.5. The average Bonchev–Trinajstić information content (AvgIpc) is 1.87. The maximum Gasteiger partial charge on any atom is 0.303 e. The number of carboxylic acid groups (broad SMARTS) is 1. The van der Waals surface area contributed by atoms with Gasteiger partial charge in [0.15, 0.2) is 0 Å². The van der Waals surface area contributed by atoms with E-state index in [-0.39, 0.29) is 11.2 Å². The Balaban J connectivity index is 3.22. The van der Waals surface area contributed by atoms with E-state index < -0.39 is 5.97 Å². The molecule has 10 heavy (non-hydrogen) atoms. The molecule has 0 saturated carbocycles. The van der Waals surface area contributed by atoms with Crippen molar-refractivity contribution in [3.8, 4) is 6.07 Å². The van der Waals surface area contributed by atoms with Gasteiger partial charge in [0.25, 0.3) is 0 Å². The SMILES string of the molecule is N#CC(Br)CCCC(=O)O. The average molecular weight is 206 g/mol. The standard InChI is InChI=1S/C6H8BrNO2/c7-5(4-8)2-1-3-6(9)10/h5H,1-3H2,(H,9,10).